The SMILES string of the molecule is O=C1NCCN(c2ccnc(NCCc3c[nH]c4ccccc34)n2)C1c1ccccc1. The minimum Gasteiger partial charge on any atom is -0.361 e. The molecule has 1 amide bonds. The summed E-state index contributed by atoms with van der Waals surface area (Å²) in [6.45, 7) is 2.00. The second kappa shape index (κ2) is 8.47. The molecule has 3 heterocycles. The van der Waals surface area contributed by atoms with E-state index in [4.69, 9.17) is 4.98 Å². The highest BCUT2D eigenvalue weighted by atomic mass is 16.2. The van der Waals surface area contributed by atoms with Crippen molar-refractivity contribution in [3.05, 3.63) is 84.2 Å². The number of H-pyrrole nitrogens is 1. The molecule has 31 heavy (non-hydrogen) atoms. The Morgan fingerprint density at radius 2 is 1.90 bits per heavy atom. The van der Waals surface area contributed by atoms with Gasteiger partial charge in [0.2, 0.25) is 11.9 Å². The Bertz CT molecular complexity index is 1190. The van der Waals surface area contributed by atoms with Crippen LogP contribution < -0.4 is 15.5 Å². The molecule has 1 aliphatic rings. The molecule has 7 nitrogen and oxygen atoms in total. The highest BCUT2D eigenvalue weighted by Crippen LogP contribution is 2.28. The summed E-state index contributed by atoms with van der Waals surface area (Å²) < 4.78 is 0. The predicted molar refractivity (Wildman–Crippen MR) is 122 cm³/mol. The number of fused-ring (bicyclic) bond motifs is 1. The van der Waals surface area contributed by atoms with Gasteiger partial charge in [-0.15, -0.1) is 0 Å². The molecule has 156 valence electrons. The molecule has 7 heteroatoms. The number of rotatable bonds is 6. The van der Waals surface area contributed by atoms with E-state index in [9.17, 15) is 4.79 Å². The molecular formula is C24H24N6O. The van der Waals surface area contributed by atoms with Gasteiger partial charge in [-0.3, -0.25) is 4.79 Å². The van der Waals surface area contributed by atoms with E-state index in [1.54, 1.807) is 6.20 Å². The van der Waals surface area contributed by atoms with E-state index in [1.807, 2.05) is 47.4 Å². The number of amides is 1. The first-order chi connectivity index (χ1) is 15.3. The number of aromatic nitrogens is 3. The standard InChI is InChI=1S/C24H24N6O/c31-23-22(17-6-2-1-3-7-17)30(15-14-25-23)21-11-13-27-24(29-21)26-12-10-18-16-28-20-9-5-4-8-19(18)20/h1-9,11,13,16,22,28H,10,12,14-15H2,(H,25,31)(H,26,27,29). The van der Waals surface area contributed by atoms with Gasteiger partial charge in [0.25, 0.3) is 0 Å². The maximum atomic E-state index is 12.7. The Morgan fingerprint density at radius 3 is 2.81 bits per heavy atom. The number of aromatic amines is 1. The number of piperazine rings is 1. The lowest BCUT2D eigenvalue weighted by molar-refractivity contribution is -0.123. The fraction of sp³-hybridized carbons (Fsp3) is 0.208. The molecule has 4 aromatic rings. The van der Waals surface area contributed by atoms with Crippen LogP contribution in [0.2, 0.25) is 0 Å². The molecule has 0 bridgehead atoms. The van der Waals surface area contributed by atoms with Crippen molar-refractivity contribution in [1.29, 1.82) is 0 Å². The number of hydrogen-bond acceptors (Lipinski definition) is 5. The van der Waals surface area contributed by atoms with Crippen LogP contribution in [0, 0.1) is 0 Å². The number of nitrogens with one attached hydrogen (secondary N) is 3. The summed E-state index contributed by atoms with van der Waals surface area (Å²) in [6.07, 6.45) is 4.65. The van der Waals surface area contributed by atoms with Crippen molar-refractivity contribution >= 4 is 28.6 Å². The predicted octanol–water partition coefficient (Wildman–Crippen LogP) is 3.29. The maximum Gasteiger partial charge on any atom is 0.247 e. The Hall–Kier alpha value is -3.87. The summed E-state index contributed by atoms with van der Waals surface area (Å²) in [7, 11) is 0. The quantitative estimate of drug-likeness (QED) is 0.452. The molecule has 2 aromatic carbocycles. The van der Waals surface area contributed by atoms with Crippen molar-refractivity contribution in [3.8, 4) is 0 Å². The van der Waals surface area contributed by atoms with E-state index < -0.39 is 6.04 Å². The minimum atomic E-state index is -0.399. The second-order valence-electron chi connectivity index (χ2n) is 7.57. The molecule has 0 saturated carbocycles. The molecule has 1 atom stereocenters. The van der Waals surface area contributed by atoms with Crippen LogP contribution in [-0.4, -0.2) is 40.5 Å². The molecule has 1 fully saturated rings. The van der Waals surface area contributed by atoms with Gasteiger partial charge in [0, 0.05) is 42.9 Å². The Kier molecular flexibility index (Phi) is 5.22. The van der Waals surface area contributed by atoms with Crippen LogP contribution in [-0.2, 0) is 11.2 Å². The Labute approximate surface area is 180 Å². The number of para-hydroxylation sites is 1. The summed E-state index contributed by atoms with van der Waals surface area (Å²) >= 11 is 0. The fourth-order valence-electron chi connectivity index (χ4n) is 4.12. The van der Waals surface area contributed by atoms with Crippen LogP contribution in [0.4, 0.5) is 11.8 Å². The highest BCUT2D eigenvalue weighted by Gasteiger charge is 2.32. The number of carbonyl (C=O) groups excluding carboxylic acids is 1. The summed E-state index contributed by atoms with van der Waals surface area (Å²) in [5, 5.41) is 7.54. The third kappa shape index (κ3) is 3.94. The van der Waals surface area contributed by atoms with E-state index in [2.05, 4.69) is 45.0 Å². The molecule has 5 rings (SSSR count). The van der Waals surface area contributed by atoms with Crippen molar-refractivity contribution < 1.29 is 4.79 Å². The van der Waals surface area contributed by atoms with Crippen molar-refractivity contribution in [2.75, 3.05) is 29.9 Å². The normalized spacial score (nSPS) is 16.3. The average molecular weight is 412 g/mol. The molecule has 0 aliphatic carbocycles. The maximum absolute atomic E-state index is 12.7. The van der Waals surface area contributed by atoms with E-state index >= 15 is 0 Å². The van der Waals surface area contributed by atoms with Gasteiger partial charge in [-0.2, -0.15) is 4.98 Å². The first kappa shape index (κ1) is 19.1. The monoisotopic (exact) mass is 412 g/mol. The van der Waals surface area contributed by atoms with E-state index in [1.165, 1.54) is 10.9 Å². The smallest absolute Gasteiger partial charge is 0.247 e. The van der Waals surface area contributed by atoms with Crippen molar-refractivity contribution in [3.63, 3.8) is 0 Å². The summed E-state index contributed by atoms with van der Waals surface area (Å²) in [4.78, 5) is 27.1. The van der Waals surface area contributed by atoms with E-state index in [0.717, 1.165) is 23.3 Å². The van der Waals surface area contributed by atoms with Gasteiger partial charge in [0.05, 0.1) is 0 Å². The van der Waals surface area contributed by atoms with Crippen molar-refractivity contribution in [2.24, 2.45) is 0 Å². The largest absolute Gasteiger partial charge is 0.361 e. The van der Waals surface area contributed by atoms with Gasteiger partial charge in [0.1, 0.15) is 11.9 Å². The number of anilines is 2. The average Bonchev–Trinajstić information content (AvgIpc) is 3.23. The number of nitrogens with zero attached hydrogens (tertiary/aromatic N) is 3. The van der Waals surface area contributed by atoms with Gasteiger partial charge in [0.15, 0.2) is 0 Å². The molecule has 1 saturated heterocycles. The van der Waals surface area contributed by atoms with Crippen LogP contribution in [0.15, 0.2) is 73.1 Å². The van der Waals surface area contributed by atoms with Gasteiger partial charge >= 0.3 is 0 Å². The molecule has 3 N–H and O–H groups in total. The van der Waals surface area contributed by atoms with Gasteiger partial charge < -0.3 is 20.5 Å². The third-order valence-corrected chi connectivity index (χ3v) is 5.61. The number of hydrogen-bond donors (Lipinski definition) is 3. The second-order valence-corrected chi connectivity index (χ2v) is 7.57. The summed E-state index contributed by atoms with van der Waals surface area (Å²) in [5.41, 5.74) is 3.36. The highest BCUT2D eigenvalue weighted by molar-refractivity contribution is 5.87. The van der Waals surface area contributed by atoms with Gasteiger partial charge in [-0.1, -0.05) is 48.5 Å². The molecule has 0 radical (unpaired) electrons. The zero-order valence-electron chi connectivity index (χ0n) is 17.1. The van der Waals surface area contributed by atoms with Crippen molar-refractivity contribution in [1.82, 2.24) is 20.3 Å². The lowest BCUT2D eigenvalue weighted by Crippen LogP contribution is -2.50. The van der Waals surface area contributed by atoms with Gasteiger partial charge in [-0.25, -0.2) is 4.98 Å². The summed E-state index contributed by atoms with van der Waals surface area (Å²) in [5.74, 6) is 1.30. The minimum absolute atomic E-state index is 0.00935. The zero-order chi connectivity index (χ0) is 21.0. The molecular weight excluding hydrogens is 388 g/mol. The lowest BCUT2D eigenvalue weighted by atomic mass is 10.0. The first-order valence-corrected chi connectivity index (χ1v) is 10.5. The summed E-state index contributed by atoms with van der Waals surface area (Å²) in [6, 6.07) is 19.6. The Morgan fingerprint density at radius 1 is 1.06 bits per heavy atom. The number of benzene rings is 2. The number of carbonyl (C=O) groups is 1. The zero-order valence-corrected chi connectivity index (χ0v) is 17.1. The third-order valence-electron chi connectivity index (χ3n) is 5.61. The first-order valence-electron chi connectivity index (χ1n) is 10.5. The van der Waals surface area contributed by atoms with Gasteiger partial charge in [-0.05, 0) is 29.7 Å². The van der Waals surface area contributed by atoms with E-state index in [-0.39, 0.29) is 5.91 Å². The van der Waals surface area contributed by atoms with Crippen LogP contribution in [0.1, 0.15) is 17.2 Å². The fourth-order valence-corrected chi connectivity index (χ4v) is 4.12. The molecule has 1 aliphatic heterocycles. The Balaban J connectivity index is 1.31. The van der Waals surface area contributed by atoms with E-state index in [0.29, 0.717) is 25.6 Å². The molecule has 0 spiro atoms. The van der Waals surface area contributed by atoms with Crippen LogP contribution in [0.5, 0.6) is 0 Å². The van der Waals surface area contributed by atoms with Crippen LogP contribution in [0.3, 0.4) is 0 Å². The lowest BCUT2D eigenvalue weighted by Gasteiger charge is -2.36. The topological polar surface area (TPSA) is 85.9 Å². The molecule has 2 aromatic heterocycles. The van der Waals surface area contributed by atoms with Crippen molar-refractivity contribution in [2.45, 2.75) is 12.5 Å². The van der Waals surface area contributed by atoms with Crippen LogP contribution in [0.25, 0.3) is 10.9 Å². The molecule has 1 unspecified atom stereocenters. The van der Waals surface area contributed by atoms with Crippen LogP contribution >= 0.6 is 0 Å².